The number of aliphatic hydroxyl groups excluding tert-OH is 1. The summed E-state index contributed by atoms with van der Waals surface area (Å²) in [6.07, 6.45) is -0.207. The molecule has 76 valence electrons. The molecule has 0 bridgehead atoms. The Balaban J connectivity index is 2.01. The van der Waals surface area contributed by atoms with E-state index in [4.69, 9.17) is 0 Å². The first-order chi connectivity index (χ1) is 6.70. The van der Waals surface area contributed by atoms with Crippen molar-refractivity contribution in [2.75, 3.05) is 6.54 Å². The van der Waals surface area contributed by atoms with Gasteiger partial charge in [-0.25, -0.2) is 0 Å². The lowest BCUT2D eigenvalue weighted by Crippen LogP contribution is -2.17. The van der Waals surface area contributed by atoms with Crippen molar-refractivity contribution < 1.29 is 5.11 Å². The van der Waals surface area contributed by atoms with E-state index in [0.29, 0.717) is 12.1 Å². The van der Waals surface area contributed by atoms with Crippen LogP contribution in [0.4, 0.5) is 0 Å². The minimum atomic E-state index is -0.207. The van der Waals surface area contributed by atoms with Gasteiger partial charge in [-0.1, -0.05) is 30.3 Å². The van der Waals surface area contributed by atoms with E-state index >= 15 is 0 Å². The third kappa shape index (κ3) is 1.81. The first kappa shape index (κ1) is 9.69. The molecule has 1 N–H and O–H groups in total. The summed E-state index contributed by atoms with van der Waals surface area (Å²) >= 11 is 0. The highest BCUT2D eigenvalue weighted by molar-refractivity contribution is 5.20. The van der Waals surface area contributed by atoms with Crippen molar-refractivity contribution >= 4 is 0 Å². The summed E-state index contributed by atoms with van der Waals surface area (Å²) in [5.74, 6) is 0. The average molecular weight is 191 g/mol. The average Bonchev–Trinajstić information content (AvgIpc) is 2.97. The van der Waals surface area contributed by atoms with Crippen LogP contribution < -0.4 is 0 Å². The van der Waals surface area contributed by atoms with Gasteiger partial charge in [-0.3, -0.25) is 4.90 Å². The predicted molar refractivity (Wildman–Crippen MR) is 57.0 cm³/mol. The SMILES string of the molecule is C[C@H](O)[C@@H]1CN1[C@H](C)c1ccccc1. The number of nitrogens with zero attached hydrogens (tertiary/aromatic N) is 1. The number of benzene rings is 1. The van der Waals surface area contributed by atoms with Crippen LogP contribution in [-0.2, 0) is 0 Å². The lowest BCUT2D eigenvalue weighted by Gasteiger charge is -2.15. The van der Waals surface area contributed by atoms with Gasteiger partial charge in [-0.15, -0.1) is 0 Å². The Kier molecular flexibility index (Phi) is 2.57. The molecule has 14 heavy (non-hydrogen) atoms. The summed E-state index contributed by atoms with van der Waals surface area (Å²) in [6.45, 7) is 5.08. The number of hydrogen-bond acceptors (Lipinski definition) is 2. The van der Waals surface area contributed by atoms with E-state index in [9.17, 15) is 5.11 Å². The summed E-state index contributed by atoms with van der Waals surface area (Å²) in [7, 11) is 0. The second kappa shape index (κ2) is 3.71. The van der Waals surface area contributed by atoms with E-state index < -0.39 is 0 Å². The van der Waals surface area contributed by atoms with Crippen molar-refractivity contribution in [3.05, 3.63) is 35.9 Å². The van der Waals surface area contributed by atoms with E-state index in [1.54, 1.807) is 0 Å². The maximum Gasteiger partial charge on any atom is 0.0680 e. The molecule has 1 heterocycles. The molecule has 0 aliphatic carbocycles. The topological polar surface area (TPSA) is 23.2 Å². The van der Waals surface area contributed by atoms with Gasteiger partial charge >= 0.3 is 0 Å². The Labute approximate surface area is 85.2 Å². The maximum atomic E-state index is 9.42. The molecule has 1 aromatic carbocycles. The van der Waals surface area contributed by atoms with E-state index in [2.05, 4.69) is 36.1 Å². The van der Waals surface area contributed by atoms with Crippen LogP contribution in [0.1, 0.15) is 25.5 Å². The summed E-state index contributed by atoms with van der Waals surface area (Å²) in [5, 5.41) is 9.42. The molecule has 1 fully saturated rings. The molecule has 1 aliphatic heterocycles. The molecule has 1 saturated heterocycles. The van der Waals surface area contributed by atoms with Crippen LogP contribution in [0.2, 0.25) is 0 Å². The monoisotopic (exact) mass is 191 g/mol. The van der Waals surface area contributed by atoms with Crippen LogP contribution in [-0.4, -0.2) is 28.7 Å². The summed E-state index contributed by atoms with van der Waals surface area (Å²) in [5.41, 5.74) is 1.33. The fraction of sp³-hybridized carbons (Fsp3) is 0.500. The second-order valence-electron chi connectivity index (χ2n) is 4.09. The lowest BCUT2D eigenvalue weighted by atomic mass is 10.1. The van der Waals surface area contributed by atoms with Gasteiger partial charge in [0.25, 0.3) is 0 Å². The largest absolute Gasteiger partial charge is 0.392 e. The van der Waals surface area contributed by atoms with Crippen LogP contribution in [0.5, 0.6) is 0 Å². The molecule has 2 rings (SSSR count). The molecule has 2 heteroatoms. The summed E-state index contributed by atoms with van der Waals surface area (Å²) in [6, 6.07) is 11.2. The molecule has 0 saturated carbocycles. The molecule has 1 aromatic rings. The Morgan fingerprint density at radius 3 is 2.43 bits per heavy atom. The van der Waals surface area contributed by atoms with Crippen molar-refractivity contribution in [2.24, 2.45) is 0 Å². The number of hydrogen-bond donors (Lipinski definition) is 1. The molecule has 0 spiro atoms. The van der Waals surface area contributed by atoms with Crippen molar-refractivity contribution in [3.63, 3.8) is 0 Å². The number of aliphatic hydroxyl groups is 1. The highest BCUT2D eigenvalue weighted by atomic mass is 16.3. The van der Waals surface area contributed by atoms with Gasteiger partial charge in [0.15, 0.2) is 0 Å². The van der Waals surface area contributed by atoms with Crippen molar-refractivity contribution in [2.45, 2.75) is 32.0 Å². The van der Waals surface area contributed by atoms with Crippen LogP contribution in [0.15, 0.2) is 30.3 Å². The quantitative estimate of drug-likeness (QED) is 0.736. The molecule has 0 radical (unpaired) electrons. The van der Waals surface area contributed by atoms with Gasteiger partial charge in [-0.05, 0) is 19.4 Å². The summed E-state index contributed by atoms with van der Waals surface area (Å²) in [4.78, 5) is 2.32. The van der Waals surface area contributed by atoms with Gasteiger partial charge in [-0.2, -0.15) is 0 Å². The molecular weight excluding hydrogens is 174 g/mol. The first-order valence-corrected chi connectivity index (χ1v) is 5.19. The molecular formula is C12H17NO. The Morgan fingerprint density at radius 1 is 1.29 bits per heavy atom. The van der Waals surface area contributed by atoms with Crippen molar-refractivity contribution in [1.82, 2.24) is 4.90 Å². The molecule has 4 atom stereocenters. The fourth-order valence-corrected chi connectivity index (χ4v) is 1.97. The lowest BCUT2D eigenvalue weighted by molar-refractivity contribution is 0.167. The predicted octanol–water partition coefficient (Wildman–Crippen LogP) is 1.81. The Bertz CT molecular complexity index is 296. The zero-order chi connectivity index (χ0) is 10.1. The minimum Gasteiger partial charge on any atom is -0.392 e. The third-order valence-electron chi connectivity index (χ3n) is 3.03. The Hall–Kier alpha value is -0.860. The molecule has 1 aliphatic rings. The van der Waals surface area contributed by atoms with Crippen LogP contribution in [0.3, 0.4) is 0 Å². The zero-order valence-electron chi connectivity index (χ0n) is 8.72. The molecule has 0 aromatic heterocycles. The van der Waals surface area contributed by atoms with Gasteiger partial charge in [0, 0.05) is 18.6 Å². The fourth-order valence-electron chi connectivity index (χ4n) is 1.97. The molecule has 0 amide bonds. The van der Waals surface area contributed by atoms with Crippen LogP contribution >= 0.6 is 0 Å². The minimum absolute atomic E-state index is 0.207. The third-order valence-corrected chi connectivity index (χ3v) is 3.03. The highest BCUT2D eigenvalue weighted by Gasteiger charge is 2.41. The highest BCUT2D eigenvalue weighted by Crippen LogP contribution is 2.33. The van der Waals surface area contributed by atoms with E-state index in [0.717, 1.165) is 6.54 Å². The van der Waals surface area contributed by atoms with Gasteiger partial charge in [0.2, 0.25) is 0 Å². The second-order valence-corrected chi connectivity index (χ2v) is 4.09. The number of rotatable bonds is 3. The zero-order valence-corrected chi connectivity index (χ0v) is 8.72. The maximum absolute atomic E-state index is 9.42. The van der Waals surface area contributed by atoms with Gasteiger partial charge in [0.1, 0.15) is 0 Å². The summed E-state index contributed by atoms with van der Waals surface area (Å²) < 4.78 is 0. The van der Waals surface area contributed by atoms with E-state index in [-0.39, 0.29) is 6.10 Å². The standard InChI is InChI=1S/C12H17NO/c1-9(11-6-4-3-5-7-11)13-8-12(13)10(2)14/h3-7,9-10,12,14H,8H2,1-2H3/t9-,10+,12+,13?/m1/s1. The Morgan fingerprint density at radius 2 is 1.93 bits per heavy atom. The van der Waals surface area contributed by atoms with E-state index in [1.807, 2.05) is 13.0 Å². The van der Waals surface area contributed by atoms with E-state index in [1.165, 1.54) is 5.56 Å². The van der Waals surface area contributed by atoms with Crippen LogP contribution in [0, 0.1) is 0 Å². The smallest absolute Gasteiger partial charge is 0.0680 e. The van der Waals surface area contributed by atoms with Gasteiger partial charge in [0.05, 0.1) is 6.10 Å². The van der Waals surface area contributed by atoms with Gasteiger partial charge < -0.3 is 5.11 Å². The van der Waals surface area contributed by atoms with Crippen molar-refractivity contribution in [3.8, 4) is 0 Å². The first-order valence-electron chi connectivity index (χ1n) is 5.19. The molecule has 2 nitrogen and oxygen atoms in total. The normalized spacial score (nSPS) is 29.6. The molecule has 1 unspecified atom stereocenters. The van der Waals surface area contributed by atoms with Crippen LogP contribution in [0.25, 0.3) is 0 Å². The van der Waals surface area contributed by atoms with Crippen molar-refractivity contribution in [1.29, 1.82) is 0 Å².